The van der Waals surface area contributed by atoms with Crippen LogP contribution in [0.2, 0.25) is 0 Å². The molecule has 3 aliphatic heterocycles. The molecule has 0 amide bonds. The number of hydrogen-bond acceptors (Lipinski definition) is 11. The van der Waals surface area contributed by atoms with Crippen molar-refractivity contribution in [3.63, 3.8) is 0 Å². The van der Waals surface area contributed by atoms with Crippen molar-refractivity contribution >= 4 is 5.97 Å². The third-order valence-corrected chi connectivity index (χ3v) is 14.4. The van der Waals surface area contributed by atoms with Gasteiger partial charge in [-0.3, -0.25) is 0 Å². The highest BCUT2D eigenvalue weighted by Crippen LogP contribution is 2.70. The summed E-state index contributed by atoms with van der Waals surface area (Å²) in [7, 11) is 3.27. The van der Waals surface area contributed by atoms with Crippen LogP contribution in [0.25, 0.3) is 0 Å². The Labute approximate surface area is 284 Å². The number of carbonyl (C=O) groups is 1. The Morgan fingerprint density at radius 3 is 2.29 bits per heavy atom. The van der Waals surface area contributed by atoms with E-state index in [9.17, 15) is 20.1 Å². The maximum absolute atomic E-state index is 12.5. The van der Waals surface area contributed by atoms with Crippen LogP contribution in [-0.2, 0) is 38.0 Å². The van der Waals surface area contributed by atoms with Crippen LogP contribution < -0.4 is 0 Å². The molecule has 0 radical (unpaired) electrons. The van der Waals surface area contributed by atoms with E-state index in [-0.39, 0.29) is 59.7 Å². The number of methoxy groups -OCH3 is 2. The van der Waals surface area contributed by atoms with Gasteiger partial charge < -0.3 is 48.5 Å². The average molecular weight is 679 g/mol. The van der Waals surface area contributed by atoms with Crippen LogP contribution >= 0.6 is 0 Å². The first-order chi connectivity index (χ1) is 22.8. The van der Waals surface area contributed by atoms with E-state index in [1.807, 2.05) is 13.8 Å². The molecule has 3 heterocycles. The zero-order chi connectivity index (χ0) is 34.2. The Morgan fingerprint density at radius 2 is 1.58 bits per heavy atom. The van der Waals surface area contributed by atoms with E-state index in [2.05, 4.69) is 13.8 Å². The van der Waals surface area contributed by atoms with E-state index in [1.54, 1.807) is 20.3 Å². The van der Waals surface area contributed by atoms with Gasteiger partial charge in [0.15, 0.2) is 12.6 Å². The van der Waals surface area contributed by atoms with Gasteiger partial charge in [-0.25, -0.2) is 4.79 Å². The Kier molecular flexibility index (Phi) is 9.64. The van der Waals surface area contributed by atoms with Gasteiger partial charge in [0, 0.05) is 38.6 Å². The Hall–Kier alpha value is -1.15. The number of esters is 1. The minimum atomic E-state index is -0.875. The zero-order valence-electron chi connectivity index (χ0n) is 29.5. The van der Waals surface area contributed by atoms with Crippen molar-refractivity contribution in [3.05, 3.63) is 11.6 Å². The van der Waals surface area contributed by atoms with Crippen LogP contribution in [0.3, 0.4) is 0 Å². The highest BCUT2D eigenvalue weighted by molar-refractivity contribution is 5.85. The summed E-state index contributed by atoms with van der Waals surface area (Å²) in [4.78, 5) is 11.9. The van der Waals surface area contributed by atoms with Crippen molar-refractivity contribution in [2.45, 2.75) is 159 Å². The molecule has 3 N–H and O–H groups in total. The minimum Gasteiger partial charge on any atom is -0.458 e. The standard InChI is InChI=1S/C37H58O11/c1-19-33(40)27(42-5)15-31(45-19)48-34-20(2)46-30(16-28(34)43-6)47-23-9-11-35(3)22(14-23)7-8-25-32(35)26(38)17-36(4)24(10-12-37(25,36)41)21-13-29(39)44-18-21/h13,19-20,22-28,30-34,38,40-41H,7-12,14-18H2,1-6H3. The van der Waals surface area contributed by atoms with Crippen molar-refractivity contribution in [2.24, 2.45) is 34.5 Å². The molecule has 2 saturated heterocycles. The molecule has 4 aliphatic carbocycles. The van der Waals surface area contributed by atoms with Gasteiger partial charge >= 0.3 is 5.97 Å². The molecule has 17 unspecified atom stereocenters. The van der Waals surface area contributed by atoms with Gasteiger partial charge in [-0.05, 0) is 99.9 Å². The molecule has 11 nitrogen and oxygen atoms in total. The lowest BCUT2D eigenvalue weighted by Gasteiger charge is -2.65. The number of fused-ring (bicyclic) bond motifs is 5. The smallest absolute Gasteiger partial charge is 0.331 e. The molecule has 11 heteroatoms. The van der Waals surface area contributed by atoms with Crippen molar-refractivity contribution in [3.8, 4) is 0 Å². The van der Waals surface area contributed by atoms with Gasteiger partial charge in [0.2, 0.25) is 0 Å². The summed E-state index contributed by atoms with van der Waals surface area (Å²) in [5.41, 5.74) is -0.478. The number of ether oxygens (including phenoxy) is 7. The summed E-state index contributed by atoms with van der Waals surface area (Å²) in [6.45, 7) is 8.59. The molecule has 0 spiro atoms. The summed E-state index contributed by atoms with van der Waals surface area (Å²) in [5, 5.41) is 34.8. The molecule has 0 aromatic rings. The van der Waals surface area contributed by atoms with Crippen LogP contribution in [0.5, 0.6) is 0 Å². The molecule has 4 saturated carbocycles. The predicted octanol–water partition coefficient (Wildman–Crippen LogP) is 3.65. The lowest BCUT2D eigenvalue weighted by Crippen LogP contribution is -2.66. The van der Waals surface area contributed by atoms with E-state index in [4.69, 9.17) is 33.2 Å². The molecule has 7 rings (SSSR count). The van der Waals surface area contributed by atoms with Crippen molar-refractivity contribution in [1.29, 1.82) is 0 Å². The maximum atomic E-state index is 12.5. The van der Waals surface area contributed by atoms with Gasteiger partial charge in [0.1, 0.15) is 18.8 Å². The van der Waals surface area contributed by atoms with Gasteiger partial charge in [0.25, 0.3) is 0 Å². The summed E-state index contributed by atoms with van der Waals surface area (Å²) >= 11 is 0. The summed E-state index contributed by atoms with van der Waals surface area (Å²) in [5.74, 6) is 0.177. The monoisotopic (exact) mass is 678 g/mol. The van der Waals surface area contributed by atoms with Crippen molar-refractivity contribution in [2.75, 3.05) is 20.8 Å². The molecule has 48 heavy (non-hydrogen) atoms. The fourth-order valence-corrected chi connectivity index (χ4v) is 11.8. The Bertz CT molecular complexity index is 1230. The lowest BCUT2D eigenvalue weighted by atomic mass is 9.42. The van der Waals surface area contributed by atoms with E-state index in [1.165, 1.54) is 0 Å². The lowest BCUT2D eigenvalue weighted by molar-refractivity contribution is -0.321. The number of aliphatic hydroxyl groups excluding tert-OH is 2. The van der Waals surface area contributed by atoms with Gasteiger partial charge in [-0.1, -0.05) is 13.8 Å². The molecule has 272 valence electrons. The Morgan fingerprint density at radius 1 is 0.875 bits per heavy atom. The molecule has 0 aromatic heterocycles. The third-order valence-electron chi connectivity index (χ3n) is 14.4. The van der Waals surface area contributed by atoms with Crippen LogP contribution in [0, 0.1) is 34.5 Å². The SMILES string of the molecule is COC1CC(OC2C(C)OC(OC3CCC4(C)C(CCC5C4C(O)CC4(C)C(C6=CC(=O)OC6)CCC54O)C3)CC2OC)OC(C)C1O. The van der Waals surface area contributed by atoms with Crippen LogP contribution in [0.1, 0.15) is 91.9 Å². The number of rotatable bonds is 7. The van der Waals surface area contributed by atoms with Crippen LogP contribution in [0.4, 0.5) is 0 Å². The second-order valence-corrected chi connectivity index (χ2v) is 16.6. The van der Waals surface area contributed by atoms with Crippen molar-refractivity contribution in [1.82, 2.24) is 0 Å². The van der Waals surface area contributed by atoms with Gasteiger partial charge in [-0.15, -0.1) is 0 Å². The average Bonchev–Trinajstić information content (AvgIpc) is 3.59. The normalized spacial score (nSPS) is 53.8. The largest absolute Gasteiger partial charge is 0.458 e. The van der Waals surface area contributed by atoms with Gasteiger partial charge in [0.05, 0.1) is 42.2 Å². The van der Waals surface area contributed by atoms with E-state index in [0.717, 1.165) is 44.1 Å². The minimum absolute atomic E-state index is 0.0223. The zero-order valence-corrected chi connectivity index (χ0v) is 29.5. The summed E-state index contributed by atoms with van der Waals surface area (Å²) < 4.78 is 42.0. The second-order valence-electron chi connectivity index (χ2n) is 16.6. The highest BCUT2D eigenvalue weighted by Gasteiger charge is 2.70. The maximum Gasteiger partial charge on any atom is 0.331 e. The number of aliphatic hydroxyl groups is 3. The first-order valence-electron chi connectivity index (χ1n) is 18.4. The Balaban J connectivity index is 0.984. The third kappa shape index (κ3) is 5.71. The highest BCUT2D eigenvalue weighted by atomic mass is 16.7. The van der Waals surface area contributed by atoms with E-state index >= 15 is 0 Å². The quantitative estimate of drug-likeness (QED) is 0.268. The van der Waals surface area contributed by atoms with Gasteiger partial charge in [-0.2, -0.15) is 0 Å². The summed E-state index contributed by atoms with van der Waals surface area (Å²) in [6.07, 6.45) is 5.38. The molecule has 6 fully saturated rings. The van der Waals surface area contributed by atoms with Crippen LogP contribution in [0.15, 0.2) is 11.6 Å². The molecular weight excluding hydrogens is 620 g/mol. The molecule has 7 aliphatic rings. The second kappa shape index (κ2) is 13.1. The molecule has 0 bridgehead atoms. The molecule has 17 atom stereocenters. The first-order valence-corrected chi connectivity index (χ1v) is 18.4. The van der Waals surface area contributed by atoms with E-state index in [0.29, 0.717) is 38.2 Å². The fraction of sp³-hybridized carbons (Fsp3) is 0.919. The van der Waals surface area contributed by atoms with E-state index < -0.39 is 41.9 Å². The van der Waals surface area contributed by atoms with Crippen LogP contribution in [-0.4, -0.2) is 109 Å². The number of hydrogen-bond donors (Lipinski definition) is 3. The summed E-state index contributed by atoms with van der Waals surface area (Å²) in [6, 6.07) is 0. The molecular formula is C37H58O11. The first kappa shape index (κ1) is 35.3. The van der Waals surface area contributed by atoms with Crippen molar-refractivity contribution < 1.29 is 53.3 Å². The predicted molar refractivity (Wildman–Crippen MR) is 172 cm³/mol. The fourth-order valence-electron chi connectivity index (χ4n) is 11.8. The topological polar surface area (TPSA) is 142 Å². The molecule has 0 aromatic carbocycles. The number of cyclic esters (lactones) is 1. The number of carbonyl (C=O) groups excluding carboxylic acids is 1.